The lowest BCUT2D eigenvalue weighted by molar-refractivity contribution is 0.0525. The number of aromatic nitrogens is 2. The molecule has 1 fully saturated rings. The molecule has 6 nitrogen and oxygen atoms in total. The van der Waals surface area contributed by atoms with E-state index in [9.17, 15) is 4.79 Å². The fourth-order valence-corrected chi connectivity index (χ4v) is 4.88. The Morgan fingerprint density at radius 2 is 1.94 bits per heavy atom. The number of allylic oxidation sites excluding steroid dienone is 1. The Kier molecular flexibility index (Phi) is 6.84. The highest BCUT2D eigenvalue weighted by Crippen LogP contribution is 2.35. The van der Waals surface area contributed by atoms with Crippen LogP contribution in [0, 0.1) is 6.92 Å². The van der Waals surface area contributed by atoms with Crippen LogP contribution < -0.4 is 5.32 Å². The van der Waals surface area contributed by atoms with Crippen LogP contribution in [0.2, 0.25) is 0 Å². The summed E-state index contributed by atoms with van der Waals surface area (Å²) in [4.78, 5) is 19.8. The van der Waals surface area contributed by atoms with Crippen LogP contribution in [0.3, 0.4) is 0 Å². The molecule has 0 unspecified atom stereocenters. The van der Waals surface area contributed by atoms with Gasteiger partial charge in [-0.3, -0.25) is 0 Å². The molecule has 174 valence electrons. The standard InChI is InChI=1S/C27H34N4O2/c1-6-30-13-9-20(10-14-30)18(3)26-19(4)23(27(32)33-7-2)17-24-22(11-15-31(24)26)21-8-12-29-25(16-21)28-5/h8,11-12,15-17H,6-7,9-10,13-14H2,1-5H3,(H,28,29). The summed E-state index contributed by atoms with van der Waals surface area (Å²) in [6.45, 7) is 11.9. The van der Waals surface area contributed by atoms with Crippen LogP contribution in [0.4, 0.5) is 5.82 Å². The zero-order valence-corrected chi connectivity index (χ0v) is 20.4. The first-order valence-corrected chi connectivity index (χ1v) is 11.9. The van der Waals surface area contributed by atoms with Crippen molar-refractivity contribution in [3.8, 4) is 11.1 Å². The van der Waals surface area contributed by atoms with Gasteiger partial charge in [0.2, 0.25) is 0 Å². The number of anilines is 1. The Balaban J connectivity index is 1.92. The number of piperidine rings is 1. The summed E-state index contributed by atoms with van der Waals surface area (Å²) < 4.78 is 7.67. The van der Waals surface area contributed by atoms with Crippen LogP contribution in [-0.4, -0.2) is 53.5 Å². The van der Waals surface area contributed by atoms with Gasteiger partial charge >= 0.3 is 5.97 Å². The summed E-state index contributed by atoms with van der Waals surface area (Å²) in [5, 5.41) is 3.11. The number of esters is 1. The van der Waals surface area contributed by atoms with Gasteiger partial charge in [-0.25, -0.2) is 9.78 Å². The van der Waals surface area contributed by atoms with E-state index in [1.807, 2.05) is 39.1 Å². The molecule has 3 aromatic rings. The zero-order valence-electron chi connectivity index (χ0n) is 20.4. The van der Waals surface area contributed by atoms with Gasteiger partial charge in [0.1, 0.15) is 5.82 Å². The van der Waals surface area contributed by atoms with E-state index >= 15 is 0 Å². The molecule has 0 bridgehead atoms. The first-order valence-electron chi connectivity index (χ1n) is 11.9. The Morgan fingerprint density at radius 3 is 2.61 bits per heavy atom. The summed E-state index contributed by atoms with van der Waals surface area (Å²) in [6, 6.07) is 8.14. The number of nitrogens with one attached hydrogen (secondary N) is 1. The Labute approximate surface area is 196 Å². The molecule has 6 heteroatoms. The van der Waals surface area contributed by atoms with E-state index in [1.54, 1.807) is 6.20 Å². The molecule has 0 saturated carbocycles. The van der Waals surface area contributed by atoms with Crippen molar-refractivity contribution in [2.24, 2.45) is 0 Å². The fourth-order valence-electron chi connectivity index (χ4n) is 4.88. The summed E-state index contributed by atoms with van der Waals surface area (Å²) in [5.41, 5.74) is 8.57. The van der Waals surface area contributed by atoms with Gasteiger partial charge < -0.3 is 19.4 Å². The van der Waals surface area contributed by atoms with E-state index in [1.165, 1.54) is 11.1 Å². The van der Waals surface area contributed by atoms with Gasteiger partial charge in [0.15, 0.2) is 0 Å². The number of hydrogen-bond donors (Lipinski definition) is 1. The highest BCUT2D eigenvalue weighted by molar-refractivity contribution is 5.96. The number of likely N-dealkylation sites (tertiary alicyclic amines) is 1. The molecule has 0 amide bonds. The summed E-state index contributed by atoms with van der Waals surface area (Å²) in [7, 11) is 1.86. The molecule has 0 radical (unpaired) electrons. The minimum Gasteiger partial charge on any atom is -0.462 e. The molecule has 4 heterocycles. The average molecular weight is 447 g/mol. The molecule has 1 N–H and O–H groups in total. The highest BCUT2D eigenvalue weighted by atomic mass is 16.5. The maximum absolute atomic E-state index is 12.9. The molecule has 1 aliphatic rings. The number of carbonyl (C=O) groups excluding carboxylic acids is 1. The van der Waals surface area contributed by atoms with Crippen LogP contribution in [0.15, 0.2) is 42.2 Å². The number of ether oxygens (including phenoxy) is 1. The van der Waals surface area contributed by atoms with Crippen molar-refractivity contribution in [3.05, 3.63) is 59.1 Å². The smallest absolute Gasteiger partial charge is 0.338 e. The lowest BCUT2D eigenvalue weighted by atomic mass is 9.93. The van der Waals surface area contributed by atoms with Crippen LogP contribution in [0.25, 0.3) is 22.2 Å². The van der Waals surface area contributed by atoms with Crippen LogP contribution in [0.5, 0.6) is 0 Å². The number of nitrogens with zero attached hydrogens (tertiary/aromatic N) is 3. The van der Waals surface area contributed by atoms with Crippen molar-refractivity contribution in [1.29, 1.82) is 0 Å². The Hall–Kier alpha value is -3.12. The molecule has 0 aliphatic carbocycles. The van der Waals surface area contributed by atoms with E-state index < -0.39 is 0 Å². The van der Waals surface area contributed by atoms with Crippen molar-refractivity contribution >= 4 is 22.9 Å². The van der Waals surface area contributed by atoms with E-state index in [0.717, 1.165) is 66.2 Å². The number of rotatable bonds is 6. The minimum atomic E-state index is -0.268. The Morgan fingerprint density at radius 1 is 1.18 bits per heavy atom. The Bertz CT molecular complexity index is 1200. The molecular weight excluding hydrogens is 412 g/mol. The molecule has 0 aromatic carbocycles. The van der Waals surface area contributed by atoms with Crippen molar-refractivity contribution in [2.75, 3.05) is 38.6 Å². The first-order chi connectivity index (χ1) is 16.0. The quantitative estimate of drug-likeness (QED) is 0.513. The SMILES string of the molecule is CCOC(=O)c1cc2c(-c3ccnc(NC)c3)ccn2c(C(C)=C2CCN(CC)CC2)c1C. The molecule has 33 heavy (non-hydrogen) atoms. The van der Waals surface area contributed by atoms with Crippen molar-refractivity contribution in [2.45, 2.75) is 40.5 Å². The topological polar surface area (TPSA) is 58.9 Å². The molecule has 0 atom stereocenters. The van der Waals surface area contributed by atoms with Gasteiger partial charge in [-0.15, -0.1) is 0 Å². The van der Waals surface area contributed by atoms with Gasteiger partial charge in [0.25, 0.3) is 0 Å². The zero-order chi connectivity index (χ0) is 23.5. The van der Waals surface area contributed by atoms with E-state index in [0.29, 0.717) is 12.2 Å². The van der Waals surface area contributed by atoms with Crippen molar-refractivity contribution in [1.82, 2.24) is 14.3 Å². The molecule has 1 aliphatic heterocycles. The second-order valence-electron chi connectivity index (χ2n) is 8.58. The van der Waals surface area contributed by atoms with E-state index in [-0.39, 0.29) is 5.97 Å². The second kappa shape index (κ2) is 9.79. The number of hydrogen-bond acceptors (Lipinski definition) is 5. The first kappa shape index (κ1) is 23.1. The summed E-state index contributed by atoms with van der Waals surface area (Å²) >= 11 is 0. The highest BCUT2D eigenvalue weighted by Gasteiger charge is 2.22. The van der Waals surface area contributed by atoms with E-state index in [4.69, 9.17) is 4.74 Å². The van der Waals surface area contributed by atoms with Crippen LogP contribution in [-0.2, 0) is 4.74 Å². The average Bonchev–Trinajstić information content (AvgIpc) is 3.27. The largest absolute Gasteiger partial charge is 0.462 e. The monoisotopic (exact) mass is 446 g/mol. The van der Waals surface area contributed by atoms with Gasteiger partial charge in [-0.1, -0.05) is 12.5 Å². The van der Waals surface area contributed by atoms with Crippen molar-refractivity contribution in [3.63, 3.8) is 0 Å². The maximum Gasteiger partial charge on any atom is 0.338 e. The lowest BCUT2D eigenvalue weighted by Gasteiger charge is -2.29. The molecule has 3 aromatic heterocycles. The third-order valence-electron chi connectivity index (χ3n) is 6.82. The fraction of sp³-hybridized carbons (Fsp3) is 0.407. The molecule has 1 saturated heterocycles. The number of carbonyl (C=O) groups is 1. The number of fused-ring (bicyclic) bond motifs is 1. The summed E-state index contributed by atoms with van der Waals surface area (Å²) in [6.07, 6.45) is 6.05. The van der Waals surface area contributed by atoms with E-state index in [2.05, 4.69) is 45.7 Å². The minimum absolute atomic E-state index is 0.268. The number of pyridine rings is 2. The third-order valence-corrected chi connectivity index (χ3v) is 6.82. The van der Waals surface area contributed by atoms with Crippen molar-refractivity contribution < 1.29 is 9.53 Å². The van der Waals surface area contributed by atoms with Gasteiger partial charge in [0, 0.05) is 38.1 Å². The predicted molar refractivity (Wildman–Crippen MR) is 135 cm³/mol. The predicted octanol–water partition coefficient (Wildman–Crippen LogP) is 5.42. The van der Waals surface area contributed by atoms with Gasteiger partial charge in [-0.05, 0) is 81.1 Å². The molecule has 4 rings (SSSR count). The third kappa shape index (κ3) is 4.40. The normalized spacial score (nSPS) is 14.5. The molecular formula is C27H34N4O2. The van der Waals surface area contributed by atoms with Crippen LogP contribution in [0.1, 0.15) is 55.2 Å². The van der Waals surface area contributed by atoms with Crippen LogP contribution >= 0.6 is 0 Å². The summed E-state index contributed by atoms with van der Waals surface area (Å²) in [5.74, 6) is 0.543. The van der Waals surface area contributed by atoms with Gasteiger partial charge in [0.05, 0.1) is 23.4 Å². The van der Waals surface area contributed by atoms with Gasteiger partial charge in [-0.2, -0.15) is 0 Å². The molecule has 0 spiro atoms. The maximum atomic E-state index is 12.9. The lowest BCUT2D eigenvalue weighted by Crippen LogP contribution is -2.30. The second-order valence-corrected chi connectivity index (χ2v) is 8.58.